The molecule has 1 saturated heterocycles. The minimum Gasteiger partial charge on any atom is -0.394 e. The van der Waals surface area contributed by atoms with Crippen LogP contribution in [-0.2, 0) is 0 Å². The van der Waals surface area contributed by atoms with Gasteiger partial charge in [-0.3, -0.25) is 0 Å². The molecule has 0 aromatic heterocycles. The largest absolute Gasteiger partial charge is 0.394 e. The molecule has 126 valence electrons. The molecule has 2 atom stereocenters. The summed E-state index contributed by atoms with van der Waals surface area (Å²) in [6.07, 6.45) is 11.5. The monoisotopic (exact) mass is 310 g/mol. The van der Waals surface area contributed by atoms with Crippen molar-refractivity contribution in [3.05, 3.63) is 0 Å². The lowest BCUT2D eigenvalue weighted by atomic mass is 9.64. The normalized spacial score (nSPS) is 32.4. The van der Waals surface area contributed by atoms with Crippen LogP contribution < -0.4 is 5.32 Å². The Morgan fingerprint density at radius 3 is 2.45 bits per heavy atom. The third kappa shape index (κ3) is 3.40. The van der Waals surface area contributed by atoms with Crippen molar-refractivity contribution in [2.45, 2.75) is 82.4 Å². The van der Waals surface area contributed by atoms with E-state index >= 15 is 0 Å². The number of hydrogen-bond acceptors (Lipinski definition) is 3. The molecule has 2 aliphatic carbocycles. The number of carbonyl (C=O) groups is 1. The summed E-state index contributed by atoms with van der Waals surface area (Å²) in [6, 6.07) is -0.0828. The van der Waals surface area contributed by atoms with Gasteiger partial charge in [0.05, 0.1) is 18.8 Å². The van der Waals surface area contributed by atoms with Gasteiger partial charge < -0.3 is 20.4 Å². The number of hydrogen-bond donors (Lipinski definition) is 3. The predicted octanol–water partition coefficient (Wildman–Crippen LogP) is 2.02. The molecule has 5 nitrogen and oxygen atoms in total. The Bertz CT molecular complexity index is 385. The molecular formula is C17H30N2O3. The number of rotatable bonds is 2. The molecule has 0 bridgehead atoms. The number of aliphatic hydroxyl groups excluding tert-OH is 2. The number of likely N-dealkylation sites (tertiary alicyclic amines) is 1. The molecule has 0 unspecified atom stereocenters. The van der Waals surface area contributed by atoms with Crippen LogP contribution in [0, 0.1) is 5.41 Å². The minimum absolute atomic E-state index is 0.0712. The summed E-state index contributed by atoms with van der Waals surface area (Å²) < 4.78 is 0. The lowest BCUT2D eigenvalue weighted by Crippen LogP contribution is -2.49. The highest BCUT2D eigenvalue weighted by atomic mass is 16.3. The van der Waals surface area contributed by atoms with E-state index in [9.17, 15) is 15.0 Å². The molecule has 3 fully saturated rings. The van der Waals surface area contributed by atoms with Gasteiger partial charge in [-0.1, -0.05) is 19.3 Å². The zero-order valence-electron chi connectivity index (χ0n) is 13.5. The SMILES string of the molecule is O=C(NC1CCC2(CCCCC2)CC1)N1C[C@@H](O)C[C@H]1CO. The van der Waals surface area contributed by atoms with Gasteiger partial charge in [-0.2, -0.15) is 0 Å². The van der Waals surface area contributed by atoms with Crippen molar-refractivity contribution in [3.63, 3.8) is 0 Å². The first-order valence-electron chi connectivity index (χ1n) is 8.98. The smallest absolute Gasteiger partial charge is 0.318 e. The Kier molecular flexibility index (Phi) is 4.93. The van der Waals surface area contributed by atoms with Gasteiger partial charge >= 0.3 is 6.03 Å². The molecule has 3 rings (SSSR count). The fourth-order valence-electron chi connectivity index (χ4n) is 4.75. The van der Waals surface area contributed by atoms with Crippen molar-refractivity contribution in [1.29, 1.82) is 0 Å². The van der Waals surface area contributed by atoms with E-state index < -0.39 is 6.10 Å². The summed E-state index contributed by atoms with van der Waals surface area (Å²) in [5.74, 6) is 0. The Labute approximate surface area is 133 Å². The quantitative estimate of drug-likeness (QED) is 0.730. The Balaban J connectivity index is 1.49. The number of aliphatic hydroxyl groups is 2. The van der Waals surface area contributed by atoms with Crippen molar-refractivity contribution >= 4 is 6.03 Å². The van der Waals surface area contributed by atoms with E-state index in [0.29, 0.717) is 18.4 Å². The van der Waals surface area contributed by atoms with Gasteiger partial charge in [-0.25, -0.2) is 4.79 Å². The molecule has 3 aliphatic rings. The van der Waals surface area contributed by atoms with E-state index in [4.69, 9.17) is 0 Å². The topological polar surface area (TPSA) is 72.8 Å². The maximum atomic E-state index is 12.4. The maximum absolute atomic E-state index is 12.4. The van der Waals surface area contributed by atoms with Crippen LogP contribution in [0.2, 0.25) is 0 Å². The number of urea groups is 1. The number of carbonyl (C=O) groups excluding carboxylic acids is 1. The standard InChI is InChI=1S/C17H30N2O3/c20-12-14-10-15(21)11-19(14)16(22)18-13-4-8-17(9-5-13)6-2-1-3-7-17/h13-15,20-21H,1-12H2,(H,18,22)/t14-,15-/m0/s1. The number of amides is 2. The van der Waals surface area contributed by atoms with Crippen LogP contribution >= 0.6 is 0 Å². The Morgan fingerprint density at radius 1 is 1.14 bits per heavy atom. The summed E-state index contributed by atoms with van der Waals surface area (Å²) in [7, 11) is 0. The molecule has 1 spiro atoms. The van der Waals surface area contributed by atoms with Crippen LogP contribution in [0.25, 0.3) is 0 Å². The van der Waals surface area contributed by atoms with Gasteiger partial charge in [0, 0.05) is 12.6 Å². The van der Waals surface area contributed by atoms with Gasteiger partial charge in [0.1, 0.15) is 0 Å². The highest BCUT2D eigenvalue weighted by Crippen LogP contribution is 2.47. The molecule has 3 N–H and O–H groups in total. The third-order valence-electron chi connectivity index (χ3n) is 6.15. The molecule has 0 radical (unpaired) electrons. The summed E-state index contributed by atoms with van der Waals surface area (Å²) >= 11 is 0. The zero-order valence-corrected chi connectivity index (χ0v) is 13.5. The fraction of sp³-hybridized carbons (Fsp3) is 0.941. The second-order valence-electron chi connectivity index (χ2n) is 7.66. The third-order valence-corrected chi connectivity index (χ3v) is 6.15. The number of nitrogens with one attached hydrogen (secondary N) is 1. The molecule has 0 aromatic carbocycles. The van der Waals surface area contributed by atoms with E-state index in [1.165, 1.54) is 44.9 Å². The predicted molar refractivity (Wildman–Crippen MR) is 84.5 cm³/mol. The van der Waals surface area contributed by atoms with Crippen LogP contribution in [0.5, 0.6) is 0 Å². The molecular weight excluding hydrogens is 280 g/mol. The molecule has 1 heterocycles. The lowest BCUT2D eigenvalue weighted by molar-refractivity contribution is 0.103. The average Bonchev–Trinajstić information content (AvgIpc) is 2.92. The van der Waals surface area contributed by atoms with E-state index in [1.807, 2.05) is 0 Å². The van der Waals surface area contributed by atoms with Crippen molar-refractivity contribution in [2.75, 3.05) is 13.2 Å². The first kappa shape index (κ1) is 16.1. The second kappa shape index (κ2) is 6.75. The second-order valence-corrected chi connectivity index (χ2v) is 7.66. The summed E-state index contributed by atoms with van der Waals surface area (Å²) in [5.41, 5.74) is 0.566. The molecule has 0 aromatic rings. The molecule has 2 saturated carbocycles. The lowest BCUT2D eigenvalue weighted by Gasteiger charge is -2.43. The van der Waals surface area contributed by atoms with Gasteiger partial charge in [0.2, 0.25) is 0 Å². The van der Waals surface area contributed by atoms with Gasteiger partial charge in [-0.15, -0.1) is 0 Å². The van der Waals surface area contributed by atoms with E-state index in [0.717, 1.165) is 12.8 Å². The van der Waals surface area contributed by atoms with Crippen LogP contribution in [0.4, 0.5) is 4.79 Å². The van der Waals surface area contributed by atoms with Crippen molar-refractivity contribution in [2.24, 2.45) is 5.41 Å². The Hall–Kier alpha value is -0.810. The molecule has 22 heavy (non-hydrogen) atoms. The first-order valence-corrected chi connectivity index (χ1v) is 8.98. The van der Waals surface area contributed by atoms with Crippen LogP contribution in [0.15, 0.2) is 0 Å². The number of nitrogens with zero attached hydrogens (tertiary/aromatic N) is 1. The zero-order chi connectivity index (χ0) is 15.6. The summed E-state index contributed by atoms with van der Waals surface area (Å²) in [4.78, 5) is 14.0. The maximum Gasteiger partial charge on any atom is 0.318 e. The first-order chi connectivity index (χ1) is 10.6. The molecule has 2 amide bonds. The van der Waals surface area contributed by atoms with Crippen LogP contribution in [-0.4, -0.2) is 52.5 Å². The van der Waals surface area contributed by atoms with Crippen molar-refractivity contribution in [1.82, 2.24) is 10.2 Å². The summed E-state index contributed by atoms with van der Waals surface area (Å²) in [5, 5.41) is 22.2. The highest BCUT2D eigenvalue weighted by Gasteiger charge is 2.38. The fourth-order valence-corrected chi connectivity index (χ4v) is 4.75. The average molecular weight is 310 g/mol. The molecule has 1 aliphatic heterocycles. The Morgan fingerprint density at radius 2 is 1.82 bits per heavy atom. The van der Waals surface area contributed by atoms with Crippen molar-refractivity contribution < 1.29 is 15.0 Å². The highest BCUT2D eigenvalue weighted by molar-refractivity contribution is 5.75. The summed E-state index contributed by atoms with van der Waals surface area (Å²) in [6.45, 7) is 0.270. The van der Waals surface area contributed by atoms with E-state index in [2.05, 4.69) is 5.32 Å². The number of β-amino-alcohol motifs (C(OH)–C–C–N with tert-alkyl or cyclic N) is 1. The van der Waals surface area contributed by atoms with Gasteiger partial charge in [-0.05, 0) is 50.4 Å². The van der Waals surface area contributed by atoms with Crippen LogP contribution in [0.1, 0.15) is 64.2 Å². The van der Waals surface area contributed by atoms with Gasteiger partial charge in [0.25, 0.3) is 0 Å². The van der Waals surface area contributed by atoms with E-state index in [1.54, 1.807) is 4.90 Å². The van der Waals surface area contributed by atoms with Crippen LogP contribution in [0.3, 0.4) is 0 Å². The van der Waals surface area contributed by atoms with Crippen molar-refractivity contribution in [3.8, 4) is 0 Å². The molecule has 5 heteroatoms. The van der Waals surface area contributed by atoms with Gasteiger partial charge in [0.15, 0.2) is 0 Å². The minimum atomic E-state index is -0.500. The van der Waals surface area contributed by atoms with E-state index in [-0.39, 0.29) is 24.7 Å².